The van der Waals surface area contributed by atoms with E-state index in [9.17, 15) is 8.78 Å². The second-order valence-electron chi connectivity index (χ2n) is 3.59. The molecular weight excluding hydrogens is 162 g/mol. The molecule has 1 N–H and O–H groups in total. The lowest BCUT2D eigenvalue weighted by Crippen LogP contribution is -2.57. The summed E-state index contributed by atoms with van der Waals surface area (Å²) in [6.07, 6.45) is -0.0374. The number of fused-ring (bicyclic) bond motifs is 1. The van der Waals surface area contributed by atoms with Gasteiger partial charge in [-0.3, -0.25) is 4.90 Å². The lowest BCUT2D eigenvalue weighted by atomic mass is 10.1. The summed E-state index contributed by atoms with van der Waals surface area (Å²) >= 11 is 0. The van der Waals surface area contributed by atoms with Gasteiger partial charge in [0.05, 0.1) is 6.04 Å². The average Bonchev–Trinajstić information content (AvgIpc) is 2.49. The number of hydrogen-bond donors (Lipinski definition) is 1. The van der Waals surface area contributed by atoms with Crippen LogP contribution in [0.3, 0.4) is 0 Å². The van der Waals surface area contributed by atoms with Crippen LogP contribution in [0.2, 0.25) is 0 Å². The minimum absolute atomic E-state index is 0.373. The van der Waals surface area contributed by atoms with Crippen LogP contribution in [0, 0.1) is 0 Å². The Morgan fingerprint density at radius 2 is 2.17 bits per heavy atom. The molecule has 0 spiro atoms. The van der Waals surface area contributed by atoms with E-state index >= 15 is 0 Å². The SMILES string of the molecule is FC(F)C1CNCC2CCCN21. The highest BCUT2D eigenvalue weighted by atomic mass is 19.3. The normalized spacial score (nSPS) is 37.2. The Hall–Kier alpha value is -0.220. The van der Waals surface area contributed by atoms with E-state index in [2.05, 4.69) is 5.32 Å². The number of piperazine rings is 1. The second-order valence-corrected chi connectivity index (χ2v) is 3.59. The van der Waals surface area contributed by atoms with Crippen LogP contribution in [-0.4, -0.2) is 43.0 Å². The summed E-state index contributed by atoms with van der Waals surface area (Å²) in [5.41, 5.74) is 0. The minimum atomic E-state index is -2.20. The standard InChI is InChI=1S/C8H14F2N2/c9-8(10)7-5-11-4-6-2-1-3-12(6)7/h6-8,11H,1-5H2. The molecule has 2 aliphatic rings. The van der Waals surface area contributed by atoms with Gasteiger partial charge in [-0.05, 0) is 19.4 Å². The molecule has 2 rings (SSSR count). The molecule has 2 fully saturated rings. The van der Waals surface area contributed by atoms with Gasteiger partial charge >= 0.3 is 0 Å². The Morgan fingerprint density at radius 1 is 1.33 bits per heavy atom. The molecule has 0 bridgehead atoms. The third kappa shape index (κ3) is 1.33. The van der Waals surface area contributed by atoms with E-state index in [1.807, 2.05) is 4.90 Å². The molecule has 2 saturated heterocycles. The molecule has 2 unspecified atom stereocenters. The molecule has 2 aliphatic heterocycles. The molecule has 2 nitrogen and oxygen atoms in total. The molecular formula is C8H14F2N2. The van der Waals surface area contributed by atoms with Crippen molar-refractivity contribution in [2.75, 3.05) is 19.6 Å². The van der Waals surface area contributed by atoms with Crippen molar-refractivity contribution >= 4 is 0 Å². The highest BCUT2D eigenvalue weighted by molar-refractivity contribution is 4.92. The van der Waals surface area contributed by atoms with Crippen LogP contribution in [0.4, 0.5) is 8.78 Å². The third-order valence-corrected chi connectivity index (χ3v) is 2.87. The van der Waals surface area contributed by atoms with Crippen LogP contribution < -0.4 is 5.32 Å². The van der Waals surface area contributed by atoms with Crippen molar-refractivity contribution in [1.29, 1.82) is 0 Å². The van der Waals surface area contributed by atoms with Gasteiger partial charge in [0.25, 0.3) is 6.43 Å². The first-order valence-corrected chi connectivity index (χ1v) is 4.53. The van der Waals surface area contributed by atoms with E-state index in [1.54, 1.807) is 0 Å². The lowest BCUT2D eigenvalue weighted by Gasteiger charge is -2.37. The van der Waals surface area contributed by atoms with Gasteiger partial charge in [0.2, 0.25) is 0 Å². The molecule has 0 radical (unpaired) electrons. The number of nitrogens with zero attached hydrogens (tertiary/aromatic N) is 1. The molecule has 0 aromatic rings. The van der Waals surface area contributed by atoms with Crippen molar-refractivity contribution in [3.05, 3.63) is 0 Å². The smallest absolute Gasteiger partial charge is 0.255 e. The largest absolute Gasteiger partial charge is 0.313 e. The molecule has 0 aromatic carbocycles. The van der Waals surface area contributed by atoms with Crippen molar-refractivity contribution in [2.24, 2.45) is 0 Å². The van der Waals surface area contributed by atoms with Gasteiger partial charge in [0.1, 0.15) is 0 Å². The maximum atomic E-state index is 12.5. The second kappa shape index (κ2) is 3.26. The van der Waals surface area contributed by atoms with Crippen molar-refractivity contribution in [3.8, 4) is 0 Å². The topological polar surface area (TPSA) is 15.3 Å². The first-order chi connectivity index (χ1) is 5.79. The monoisotopic (exact) mass is 176 g/mol. The van der Waals surface area contributed by atoms with E-state index in [0.717, 1.165) is 25.9 Å². The molecule has 2 heterocycles. The Bertz CT molecular complexity index is 163. The Morgan fingerprint density at radius 3 is 2.92 bits per heavy atom. The zero-order chi connectivity index (χ0) is 8.55. The van der Waals surface area contributed by atoms with Crippen molar-refractivity contribution in [2.45, 2.75) is 31.4 Å². The lowest BCUT2D eigenvalue weighted by molar-refractivity contribution is 0.00316. The van der Waals surface area contributed by atoms with Gasteiger partial charge in [-0.2, -0.15) is 0 Å². The molecule has 70 valence electrons. The summed E-state index contributed by atoms with van der Waals surface area (Å²) in [6, 6.07) is -0.163. The maximum absolute atomic E-state index is 12.5. The third-order valence-electron chi connectivity index (χ3n) is 2.87. The first-order valence-electron chi connectivity index (χ1n) is 4.53. The van der Waals surface area contributed by atoms with Crippen LogP contribution in [0.25, 0.3) is 0 Å². The zero-order valence-corrected chi connectivity index (χ0v) is 6.97. The van der Waals surface area contributed by atoms with E-state index < -0.39 is 12.5 Å². The van der Waals surface area contributed by atoms with Crippen LogP contribution >= 0.6 is 0 Å². The molecule has 12 heavy (non-hydrogen) atoms. The summed E-state index contributed by atoms with van der Waals surface area (Å²) in [5, 5.41) is 3.07. The van der Waals surface area contributed by atoms with E-state index in [4.69, 9.17) is 0 Å². The highest BCUT2D eigenvalue weighted by Gasteiger charge is 2.38. The van der Waals surface area contributed by atoms with E-state index in [0.29, 0.717) is 12.6 Å². The van der Waals surface area contributed by atoms with Gasteiger partial charge in [-0.25, -0.2) is 8.78 Å². The summed E-state index contributed by atoms with van der Waals surface area (Å²) in [6.45, 7) is 2.21. The van der Waals surface area contributed by atoms with Gasteiger partial charge in [0, 0.05) is 19.1 Å². The Labute approximate surface area is 70.9 Å². The summed E-state index contributed by atoms with van der Waals surface area (Å²) in [5.74, 6) is 0. The summed E-state index contributed by atoms with van der Waals surface area (Å²) < 4.78 is 25.0. The summed E-state index contributed by atoms with van der Waals surface area (Å²) in [4.78, 5) is 1.97. The minimum Gasteiger partial charge on any atom is -0.313 e. The Kier molecular flexibility index (Phi) is 2.28. The predicted molar refractivity (Wildman–Crippen MR) is 42.4 cm³/mol. The van der Waals surface area contributed by atoms with Crippen molar-refractivity contribution in [1.82, 2.24) is 10.2 Å². The number of hydrogen-bond acceptors (Lipinski definition) is 2. The van der Waals surface area contributed by atoms with Crippen LogP contribution in [0.15, 0.2) is 0 Å². The molecule has 0 aromatic heterocycles. The van der Waals surface area contributed by atoms with Crippen LogP contribution in [0.5, 0.6) is 0 Å². The van der Waals surface area contributed by atoms with Gasteiger partial charge in [-0.15, -0.1) is 0 Å². The van der Waals surface area contributed by atoms with Crippen LogP contribution in [-0.2, 0) is 0 Å². The maximum Gasteiger partial charge on any atom is 0.255 e. The fourth-order valence-electron chi connectivity index (χ4n) is 2.26. The molecule has 0 saturated carbocycles. The number of alkyl halides is 2. The molecule has 4 heteroatoms. The molecule has 2 atom stereocenters. The van der Waals surface area contributed by atoms with Crippen LogP contribution in [0.1, 0.15) is 12.8 Å². The quantitative estimate of drug-likeness (QED) is 0.632. The number of rotatable bonds is 1. The Balaban J connectivity index is 2.03. The van der Waals surface area contributed by atoms with E-state index in [1.165, 1.54) is 0 Å². The summed E-state index contributed by atoms with van der Waals surface area (Å²) in [7, 11) is 0. The van der Waals surface area contributed by atoms with Gasteiger partial charge < -0.3 is 5.32 Å². The molecule has 0 aliphatic carbocycles. The average molecular weight is 176 g/mol. The fourth-order valence-corrected chi connectivity index (χ4v) is 2.26. The first kappa shape index (κ1) is 8.38. The number of halogens is 2. The van der Waals surface area contributed by atoms with Gasteiger partial charge in [-0.1, -0.05) is 0 Å². The van der Waals surface area contributed by atoms with E-state index in [-0.39, 0.29) is 0 Å². The predicted octanol–water partition coefficient (Wildman–Crippen LogP) is 0.688. The van der Waals surface area contributed by atoms with Gasteiger partial charge in [0.15, 0.2) is 0 Å². The molecule has 0 amide bonds. The highest BCUT2D eigenvalue weighted by Crippen LogP contribution is 2.24. The number of nitrogens with one attached hydrogen (secondary N) is 1. The van der Waals surface area contributed by atoms with Crippen molar-refractivity contribution < 1.29 is 8.78 Å². The zero-order valence-electron chi connectivity index (χ0n) is 6.97. The van der Waals surface area contributed by atoms with Crippen molar-refractivity contribution in [3.63, 3.8) is 0 Å². The fraction of sp³-hybridized carbons (Fsp3) is 1.00.